The van der Waals surface area contributed by atoms with Crippen LogP contribution in [0.15, 0.2) is 28.7 Å². The predicted octanol–water partition coefficient (Wildman–Crippen LogP) is 1.80. The highest BCUT2D eigenvalue weighted by molar-refractivity contribution is 9.10. The second kappa shape index (κ2) is 6.82. The molecule has 1 atom stereocenters. The highest BCUT2D eigenvalue weighted by atomic mass is 79.9. The molecule has 15 heavy (non-hydrogen) atoms. The molecule has 1 aromatic rings. The molecule has 0 amide bonds. The molecule has 0 saturated heterocycles. The van der Waals surface area contributed by atoms with E-state index in [2.05, 4.69) is 21.2 Å². The van der Waals surface area contributed by atoms with Crippen LogP contribution in [0.4, 0.5) is 0 Å². The van der Waals surface area contributed by atoms with E-state index in [4.69, 9.17) is 4.74 Å². The van der Waals surface area contributed by atoms with Crippen molar-refractivity contribution >= 4 is 15.9 Å². The van der Waals surface area contributed by atoms with Crippen LogP contribution in [0.2, 0.25) is 0 Å². The first-order chi connectivity index (χ1) is 7.24. The van der Waals surface area contributed by atoms with Crippen molar-refractivity contribution in [2.24, 2.45) is 0 Å². The average molecular weight is 274 g/mol. The fraction of sp³-hybridized carbons (Fsp3) is 0.455. The van der Waals surface area contributed by atoms with Gasteiger partial charge in [0.15, 0.2) is 0 Å². The Kier molecular flexibility index (Phi) is 5.68. The van der Waals surface area contributed by atoms with Gasteiger partial charge in [0.2, 0.25) is 0 Å². The molecule has 0 fully saturated rings. The highest BCUT2D eigenvalue weighted by Crippen LogP contribution is 2.23. The van der Waals surface area contributed by atoms with Crippen molar-refractivity contribution in [1.29, 1.82) is 0 Å². The van der Waals surface area contributed by atoms with Crippen LogP contribution in [0.1, 0.15) is 6.92 Å². The van der Waals surface area contributed by atoms with Crippen molar-refractivity contribution in [2.45, 2.75) is 13.0 Å². The summed E-state index contributed by atoms with van der Waals surface area (Å²) < 4.78 is 6.36. The molecule has 3 nitrogen and oxygen atoms in total. The summed E-state index contributed by atoms with van der Waals surface area (Å²) in [7, 11) is 0. The standard InChI is InChI=1S/C11H16BrNO2/c1-2-13-7-9(14)8-15-11-6-4-3-5-10(11)12/h3-6,9,13-14H,2,7-8H2,1H3. The van der Waals surface area contributed by atoms with Crippen LogP contribution in [-0.2, 0) is 0 Å². The van der Waals surface area contributed by atoms with Crippen molar-refractivity contribution in [2.75, 3.05) is 19.7 Å². The van der Waals surface area contributed by atoms with Gasteiger partial charge in [-0.15, -0.1) is 0 Å². The third-order valence-electron chi connectivity index (χ3n) is 1.90. The van der Waals surface area contributed by atoms with Gasteiger partial charge in [-0.05, 0) is 34.6 Å². The van der Waals surface area contributed by atoms with E-state index < -0.39 is 6.10 Å². The van der Waals surface area contributed by atoms with Crippen molar-refractivity contribution in [3.05, 3.63) is 28.7 Å². The molecule has 0 aliphatic heterocycles. The Morgan fingerprint density at radius 2 is 2.20 bits per heavy atom. The summed E-state index contributed by atoms with van der Waals surface area (Å²) in [5, 5.41) is 12.6. The van der Waals surface area contributed by atoms with Gasteiger partial charge < -0.3 is 15.2 Å². The number of hydrogen-bond donors (Lipinski definition) is 2. The number of rotatable bonds is 6. The molecule has 84 valence electrons. The number of benzene rings is 1. The van der Waals surface area contributed by atoms with Gasteiger partial charge in [-0.1, -0.05) is 19.1 Å². The molecule has 0 radical (unpaired) electrons. The van der Waals surface area contributed by atoms with Gasteiger partial charge in [-0.2, -0.15) is 0 Å². The van der Waals surface area contributed by atoms with Gasteiger partial charge in [0.25, 0.3) is 0 Å². The Balaban J connectivity index is 2.33. The number of hydrogen-bond acceptors (Lipinski definition) is 3. The van der Waals surface area contributed by atoms with Crippen LogP contribution in [-0.4, -0.2) is 30.9 Å². The Morgan fingerprint density at radius 3 is 2.87 bits per heavy atom. The summed E-state index contributed by atoms with van der Waals surface area (Å²) in [5.41, 5.74) is 0. The van der Waals surface area contributed by atoms with Crippen LogP contribution in [0.5, 0.6) is 5.75 Å². The Morgan fingerprint density at radius 1 is 1.47 bits per heavy atom. The molecular formula is C11H16BrNO2. The van der Waals surface area contributed by atoms with E-state index >= 15 is 0 Å². The monoisotopic (exact) mass is 273 g/mol. The maximum atomic E-state index is 9.53. The highest BCUT2D eigenvalue weighted by Gasteiger charge is 2.05. The maximum Gasteiger partial charge on any atom is 0.133 e. The molecule has 0 bridgehead atoms. The lowest BCUT2D eigenvalue weighted by Gasteiger charge is -2.13. The number of aliphatic hydroxyl groups excluding tert-OH is 1. The molecule has 0 heterocycles. The molecule has 0 saturated carbocycles. The first-order valence-electron chi connectivity index (χ1n) is 5.00. The minimum absolute atomic E-state index is 0.301. The molecule has 0 aliphatic carbocycles. The van der Waals surface area contributed by atoms with Crippen LogP contribution in [0, 0.1) is 0 Å². The van der Waals surface area contributed by atoms with Crippen LogP contribution < -0.4 is 10.1 Å². The predicted molar refractivity (Wildman–Crippen MR) is 64.2 cm³/mol. The SMILES string of the molecule is CCNCC(O)COc1ccccc1Br. The molecular weight excluding hydrogens is 258 g/mol. The summed E-state index contributed by atoms with van der Waals surface area (Å²) in [6.45, 7) is 3.71. The minimum atomic E-state index is -0.475. The van der Waals surface area contributed by atoms with E-state index in [0.29, 0.717) is 13.2 Å². The summed E-state index contributed by atoms with van der Waals surface area (Å²) in [4.78, 5) is 0. The lowest BCUT2D eigenvalue weighted by Crippen LogP contribution is -2.31. The zero-order valence-electron chi connectivity index (χ0n) is 8.74. The number of nitrogens with one attached hydrogen (secondary N) is 1. The van der Waals surface area contributed by atoms with Crippen molar-refractivity contribution in [3.8, 4) is 5.75 Å². The second-order valence-electron chi connectivity index (χ2n) is 3.20. The molecule has 0 aliphatic rings. The van der Waals surface area contributed by atoms with E-state index in [1.54, 1.807) is 0 Å². The Labute approximate surface area is 98.6 Å². The number of halogens is 1. The molecule has 0 aromatic heterocycles. The van der Waals surface area contributed by atoms with Gasteiger partial charge in [0.1, 0.15) is 18.5 Å². The molecule has 0 spiro atoms. The molecule has 2 N–H and O–H groups in total. The van der Waals surface area contributed by atoms with Crippen LogP contribution >= 0.6 is 15.9 Å². The summed E-state index contributed by atoms with van der Waals surface area (Å²) >= 11 is 3.38. The topological polar surface area (TPSA) is 41.5 Å². The van der Waals surface area contributed by atoms with Crippen LogP contribution in [0.25, 0.3) is 0 Å². The lowest BCUT2D eigenvalue weighted by atomic mass is 10.3. The van der Waals surface area contributed by atoms with E-state index in [9.17, 15) is 5.11 Å². The molecule has 1 aromatic carbocycles. The van der Waals surface area contributed by atoms with Gasteiger partial charge in [0, 0.05) is 6.54 Å². The zero-order valence-corrected chi connectivity index (χ0v) is 10.3. The second-order valence-corrected chi connectivity index (χ2v) is 4.06. The number of aliphatic hydroxyl groups is 1. The van der Waals surface area contributed by atoms with Gasteiger partial charge in [-0.25, -0.2) is 0 Å². The number of ether oxygens (including phenoxy) is 1. The third-order valence-corrected chi connectivity index (χ3v) is 2.55. The molecule has 4 heteroatoms. The average Bonchev–Trinajstić information content (AvgIpc) is 2.25. The first-order valence-corrected chi connectivity index (χ1v) is 5.79. The Hall–Kier alpha value is -0.580. The smallest absolute Gasteiger partial charge is 0.133 e. The van der Waals surface area contributed by atoms with E-state index in [-0.39, 0.29) is 0 Å². The van der Waals surface area contributed by atoms with Gasteiger partial charge >= 0.3 is 0 Å². The van der Waals surface area contributed by atoms with Gasteiger partial charge in [-0.3, -0.25) is 0 Å². The van der Waals surface area contributed by atoms with E-state index in [0.717, 1.165) is 16.8 Å². The fourth-order valence-corrected chi connectivity index (χ4v) is 1.52. The summed E-state index contributed by atoms with van der Waals surface area (Å²) in [5.74, 6) is 0.757. The zero-order chi connectivity index (χ0) is 11.1. The lowest BCUT2D eigenvalue weighted by molar-refractivity contribution is 0.106. The minimum Gasteiger partial charge on any atom is -0.490 e. The quantitative estimate of drug-likeness (QED) is 0.831. The maximum absolute atomic E-state index is 9.53. The van der Waals surface area contributed by atoms with Crippen molar-refractivity contribution < 1.29 is 9.84 Å². The van der Waals surface area contributed by atoms with Gasteiger partial charge in [0.05, 0.1) is 4.47 Å². The number of likely N-dealkylation sites (N-methyl/N-ethyl adjacent to an activating group) is 1. The first kappa shape index (κ1) is 12.5. The number of para-hydroxylation sites is 1. The molecule has 1 rings (SSSR count). The largest absolute Gasteiger partial charge is 0.490 e. The fourth-order valence-electron chi connectivity index (χ4n) is 1.12. The molecule has 1 unspecified atom stereocenters. The summed E-state index contributed by atoms with van der Waals surface area (Å²) in [6, 6.07) is 7.60. The van der Waals surface area contributed by atoms with E-state index in [1.165, 1.54) is 0 Å². The third kappa shape index (κ3) is 4.64. The van der Waals surface area contributed by atoms with Crippen LogP contribution in [0.3, 0.4) is 0 Å². The van der Waals surface area contributed by atoms with Crippen molar-refractivity contribution in [3.63, 3.8) is 0 Å². The normalized spacial score (nSPS) is 12.5. The van der Waals surface area contributed by atoms with E-state index in [1.807, 2.05) is 31.2 Å². The van der Waals surface area contributed by atoms with Crippen molar-refractivity contribution in [1.82, 2.24) is 5.32 Å². The summed E-state index contributed by atoms with van der Waals surface area (Å²) in [6.07, 6.45) is -0.475. The Bertz CT molecular complexity index is 294.